The van der Waals surface area contributed by atoms with Gasteiger partial charge in [-0.2, -0.15) is 0 Å². The molecule has 0 aliphatic carbocycles. The zero-order chi connectivity index (χ0) is 11.1. The number of ether oxygens (including phenoxy) is 1. The van der Waals surface area contributed by atoms with Crippen molar-refractivity contribution in [1.29, 1.82) is 0 Å². The van der Waals surface area contributed by atoms with E-state index in [1.165, 1.54) is 0 Å². The molecule has 15 heavy (non-hydrogen) atoms. The maximum Gasteiger partial charge on any atom is 0.249 e. The highest BCUT2D eigenvalue weighted by Crippen LogP contribution is 2.10. The number of hydrogen-bond donors (Lipinski definition) is 0. The Morgan fingerprint density at radius 3 is 2.60 bits per heavy atom. The fourth-order valence-electron chi connectivity index (χ4n) is 1.53. The molecule has 1 amide bonds. The highest BCUT2D eigenvalue weighted by atomic mass is 35.5. The van der Waals surface area contributed by atoms with Crippen LogP contribution in [-0.2, 0) is 9.53 Å². The van der Waals surface area contributed by atoms with Crippen molar-refractivity contribution >= 4 is 17.5 Å². The van der Waals surface area contributed by atoms with Crippen molar-refractivity contribution in [3.05, 3.63) is 12.2 Å². The Balaban J connectivity index is 2.28. The summed E-state index contributed by atoms with van der Waals surface area (Å²) in [5, 5.41) is 0. The van der Waals surface area contributed by atoms with E-state index >= 15 is 0 Å². The first-order valence-electron chi connectivity index (χ1n) is 5.36. The van der Waals surface area contributed by atoms with Crippen LogP contribution in [0.15, 0.2) is 12.2 Å². The zero-order valence-corrected chi connectivity index (χ0v) is 9.76. The number of alkyl halides is 1. The number of carbonyl (C=O) groups is 1. The van der Waals surface area contributed by atoms with E-state index in [1.54, 1.807) is 0 Å². The number of nitrogens with zero attached hydrogens (tertiary/aromatic N) is 1. The fourth-order valence-corrected chi connectivity index (χ4v) is 1.72. The Bertz CT molecular complexity index is 225. The Labute approximate surface area is 96.0 Å². The number of rotatable bonds is 5. The van der Waals surface area contributed by atoms with E-state index in [2.05, 4.69) is 6.58 Å². The number of unbranched alkanes of at least 4 members (excludes halogenated alkanes) is 1. The molecule has 0 unspecified atom stereocenters. The van der Waals surface area contributed by atoms with Gasteiger partial charge in [-0.05, 0) is 19.3 Å². The minimum atomic E-state index is 0.0767. The second kappa shape index (κ2) is 6.85. The van der Waals surface area contributed by atoms with Gasteiger partial charge < -0.3 is 9.64 Å². The predicted octanol–water partition coefficient (Wildman–Crippen LogP) is 1.81. The van der Waals surface area contributed by atoms with E-state index in [9.17, 15) is 4.79 Å². The first-order valence-corrected chi connectivity index (χ1v) is 5.90. The Morgan fingerprint density at radius 2 is 2.00 bits per heavy atom. The molecule has 0 N–H and O–H groups in total. The van der Waals surface area contributed by atoms with Crippen molar-refractivity contribution in [2.24, 2.45) is 0 Å². The number of halogens is 1. The third kappa shape index (κ3) is 4.22. The minimum Gasteiger partial charge on any atom is -0.378 e. The summed E-state index contributed by atoms with van der Waals surface area (Å²) in [6.07, 6.45) is 2.64. The summed E-state index contributed by atoms with van der Waals surface area (Å²) in [6, 6.07) is 0. The SMILES string of the molecule is C=C(CCCCCl)C(=O)N1CCOCC1. The lowest BCUT2D eigenvalue weighted by atomic mass is 10.1. The molecule has 0 saturated carbocycles. The maximum absolute atomic E-state index is 11.8. The summed E-state index contributed by atoms with van der Waals surface area (Å²) in [7, 11) is 0. The van der Waals surface area contributed by atoms with Crippen LogP contribution < -0.4 is 0 Å². The minimum absolute atomic E-state index is 0.0767. The molecule has 1 fully saturated rings. The van der Waals surface area contributed by atoms with Crippen molar-refractivity contribution < 1.29 is 9.53 Å². The smallest absolute Gasteiger partial charge is 0.249 e. The lowest BCUT2D eigenvalue weighted by Gasteiger charge is -2.27. The third-order valence-electron chi connectivity index (χ3n) is 2.46. The van der Waals surface area contributed by atoms with Crippen LogP contribution in [0.5, 0.6) is 0 Å². The van der Waals surface area contributed by atoms with Crippen LogP contribution in [0.4, 0.5) is 0 Å². The van der Waals surface area contributed by atoms with E-state index in [0.717, 1.165) is 19.3 Å². The summed E-state index contributed by atoms with van der Waals surface area (Å²) in [4.78, 5) is 13.6. The molecule has 0 bridgehead atoms. The molecule has 0 radical (unpaired) electrons. The molecule has 4 heteroatoms. The average molecular weight is 232 g/mol. The second-order valence-corrected chi connectivity index (χ2v) is 4.03. The maximum atomic E-state index is 11.8. The molecule has 1 heterocycles. The van der Waals surface area contributed by atoms with Gasteiger partial charge in [0.05, 0.1) is 13.2 Å². The molecule has 0 atom stereocenters. The first kappa shape index (κ1) is 12.5. The Hall–Kier alpha value is -0.540. The highest BCUT2D eigenvalue weighted by Gasteiger charge is 2.18. The van der Waals surface area contributed by atoms with E-state index in [0.29, 0.717) is 37.8 Å². The fraction of sp³-hybridized carbons (Fsp3) is 0.727. The standard InChI is InChI=1S/C11H18ClNO2/c1-10(4-2-3-5-12)11(14)13-6-8-15-9-7-13/h1-9H2. The lowest BCUT2D eigenvalue weighted by Crippen LogP contribution is -2.41. The van der Waals surface area contributed by atoms with Gasteiger partial charge in [-0.3, -0.25) is 4.79 Å². The monoisotopic (exact) mass is 231 g/mol. The predicted molar refractivity (Wildman–Crippen MR) is 61.1 cm³/mol. The van der Waals surface area contributed by atoms with Gasteiger partial charge in [0.1, 0.15) is 0 Å². The molecule has 86 valence electrons. The lowest BCUT2D eigenvalue weighted by molar-refractivity contribution is -0.131. The van der Waals surface area contributed by atoms with Crippen LogP contribution in [0.25, 0.3) is 0 Å². The van der Waals surface area contributed by atoms with Crippen LogP contribution in [-0.4, -0.2) is 43.0 Å². The Morgan fingerprint density at radius 1 is 1.33 bits per heavy atom. The number of amides is 1. The molecular weight excluding hydrogens is 214 g/mol. The van der Waals surface area contributed by atoms with E-state index < -0.39 is 0 Å². The van der Waals surface area contributed by atoms with Gasteiger partial charge in [-0.15, -0.1) is 11.6 Å². The van der Waals surface area contributed by atoms with E-state index in [4.69, 9.17) is 16.3 Å². The van der Waals surface area contributed by atoms with E-state index in [1.807, 2.05) is 4.90 Å². The molecule has 1 saturated heterocycles. The average Bonchev–Trinajstić information content (AvgIpc) is 2.29. The number of hydrogen-bond acceptors (Lipinski definition) is 2. The summed E-state index contributed by atoms with van der Waals surface area (Å²) < 4.78 is 5.19. The van der Waals surface area contributed by atoms with Crippen LogP contribution in [0.2, 0.25) is 0 Å². The Kier molecular flexibility index (Phi) is 5.73. The largest absolute Gasteiger partial charge is 0.378 e. The molecule has 0 aromatic heterocycles. The number of morpholine rings is 1. The summed E-state index contributed by atoms with van der Waals surface area (Å²) >= 11 is 5.57. The van der Waals surface area contributed by atoms with Crippen LogP contribution >= 0.6 is 11.6 Å². The molecule has 0 aromatic carbocycles. The van der Waals surface area contributed by atoms with Gasteiger partial charge in [-0.25, -0.2) is 0 Å². The highest BCUT2D eigenvalue weighted by molar-refractivity contribution is 6.17. The quantitative estimate of drug-likeness (QED) is 0.410. The molecular formula is C11H18ClNO2. The molecule has 1 aliphatic rings. The molecule has 0 aromatic rings. The van der Waals surface area contributed by atoms with Crippen molar-refractivity contribution in [2.45, 2.75) is 19.3 Å². The van der Waals surface area contributed by atoms with Crippen LogP contribution in [0.1, 0.15) is 19.3 Å². The topological polar surface area (TPSA) is 29.5 Å². The van der Waals surface area contributed by atoms with Crippen LogP contribution in [0.3, 0.4) is 0 Å². The van der Waals surface area contributed by atoms with Crippen LogP contribution in [0, 0.1) is 0 Å². The second-order valence-electron chi connectivity index (χ2n) is 3.65. The van der Waals surface area contributed by atoms with Gasteiger partial charge in [0.15, 0.2) is 0 Å². The number of carbonyl (C=O) groups excluding carboxylic acids is 1. The summed E-state index contributed by atoms with van der Waals surface area (Å²) in [5.74, 6) is 0.729. The van der Waals surface area contributed by atoms with E-state index in [-0.39, 0.29) is 5.91 Å². The molecule has 1 aliphatic heterocycles. The van der Waals surface area contributed by atoms with Crippen molar-refractivity contribution in [3.63, 3.8) is 0 Å². The molecule has 0 spiro atoms. The zero-order valence-electron chi connectivity index (χ0n) is 9.01. The third-order valence-corrected chi connectivity index (χ3v) is 2.73. The van der Waals surface area contributed by atoms with Crippen molar-refractivity contribution in [1.82, 2.24) is 4.90 Å². The molecule has 3 nitrogen and oxygen atoms in total. The van der Waals surface area contributed by atoms with Gasteiger partial charge >= 0.3 is 0 Å². The van der Waals surface area contributed by atoms with Gasteiger partial charge in [-0.1, -0.05) is 6.58 Å². The van der Waals surface area contributed by atoms with Gasteiger partial charge in [0.25, 0.3) is 0 Å². The normalized spacial score (nSPS) is 16.5. The van der Waals surface area contributed by atoms with Gasteiger partial charge in [0.2, 0.25) is 5.91 Å². The van der Waals surface area contributed by atoms with Gasteiger partial charge in [0, 0.05) is 24.5 Å². The van der Waals surface area contributed by atoms with Crippen molar-refractivity contribution in [3.8, 4) is 0 Å². The summed E-state index contributed by atoms with van der Waals surface area (Å²) in [5.41, 5.74) is 0.696. The summed E-state index contributed by atoms with van der Waals surface area (Å²) in [6.45, 7) is 6.48. The first-order chi connectivity index (χ1) is 7.25. The van der Waals surface area contributed by atoms with Crippen molar-refractivity contribution in [2.75, 3.05) is 32.2 Å². The molecule has 1 rings (SSSR count).